The molecule has 5 nitrogen and oxygen atoms in total. The monoisotopic (exact) mass is 575 g/mol. The number of rotatable bonds is 7. The molecule has 0 saturated heterocycles. The first-order chi connectivity index (χ1) is 16.8. The van der Waals surface area contributed by atoms with Crippen molar-refractivity contribution in [3.8, 4) is 5.75 Å². The lowest BCUT2D eigenvalue weighted by molar-refractivity contribution is 0.300. The van der Waals surface area contributed by atoms with Gasteiger partial charge in [-0.15, -0.1) is 0 Å². The number of halogens is 4. The fraction of sp³-hybridized carbons (Fsp3) is 0.192. The number of hydrogen-bond donors (Lipinski definition) is 0. The van der Waals surface area contributed by atoms with E-state index in [-0.39, 0.29) is 39.7 Å². The van der Waals surface area contributed by atoms with Gasteiger partial charge in [-0.2, -0.15) is 9.78 Å². The lowest BCUT2D eigenvalue weighted by Gasteiger charge is -2.14. The molecule has 1 aromatic heterocycles. The van der Waals surface area contributed by atoms with Crippen LogP contribution in [-0.4, -0.2) is 15.9 Å². The minimum Gasteiger partial charge on any atom is -0.486 e. The average molecular weight is 577 g/mol. The Hall–Kier alpha value is -2.74. The van der Waals surface area contributed by atoms with Gasteiger partial charge in [-0.05, 0) is 48.4 Å². The standard InChI is InChI=1S/C26H21BrCl2FN3O2/c1-3-15(2)25-32-23-9-8-18(27)12-19(23)26(34)33(25)31-13-16-10-20(28)24(21(29)11-16)35-14-17-6-4-5-7-22(17)30/h4-13,15H,3,14H2,1-2H3/t15-/m0/s1. The highest BCUT2D eigenvalue weighted by Gasteiger charge is 2.16. The molecule has 0 aliphatic rings. The molecule has 1 heterocycles. The molecule has 0 amide bonds. The molecule has 0 radical (unpaired) electrons. The van der Waals surface area contributed by atoms with E-state index in [1.807, 2.05) is 19.9 Å². The van der Waals surface area contributed by atoms with Gasteiger partial charge in [-0.25, -0.2) is 9.37 Å². The molecule has 0 bridgehead atoms. The molecule has 1 atom stereocenters. The summed E-state index contributed by atoms with van der Waals surface area (Å²) in [4.78, 5) is 18.0. The van der Waals surface area contributed by atoms with E-state index in [9.17, 15) is 9.18 Å². The van der Waals surface area contributed by atoms with Crippen molar-refractivity contribution < 1.29 is 9.13 Å². The highest BCUT2D eigenvalue weighted by atomic mass is 79.9. The average Bonchev–Trinajstić information content (AvgIpc) is 2.83. The summed E-state index contributed by atoms with van der Waals surface area (Å²) in [6.07, 6.45) is 2.28. The van der Waals surface area contributed by atoms with Crippen LogP contribution < -0.4 is 10.3 Å². The van der Waals surface area contributed by atoms with Gasteiger partial charge in [0.2, 0.25) is 0 Å². The van der Waals surface area contributed by atoms with Crippen LogP contribution in [0.4, 0.5) is 4.39 Å². The van der Waals surface area contributed by atoms with Crippen molar-refractivity contribution in [2.24, 2.45) is 5.10 Å². The first-order valence-electron chi connectivity index (χ1n) is 10.9. The van der Waals surface area contributed by atoms with Crippen molar-refractivity contribution in [3.63, 3.8) is 0 Å². The molecule has 0 N–H and O–H groups in total. The zero-order valence-corrected chi connectivity index (χ0v) is 22.0. The Bertz CT molecular complexity index is 1470. The normalized spacial score (nSPS) is 12.4. The Labute approximate surface area is 220 Å². The summed E-state index contributed by atoms with van der Waals surface area (Å²) in [6.45, 7) is 4.00. The summed E-state index contributed by atoms with van der Waals surface area (Å²) in [5, 5.41) is 5.37. The Morgan fingerprint density at radius 3 is 2.57 bits per heavy atom. The molecule has 0 unspecified atom stereocenters. The molecule has 0 saturated carbocycles. The summed E-state index contributed by atoms with van der Waals surface area (Å²) in [5.41, 5.74) is 1.29. The van der Waals surface area contributed by atoms with E-state index < -0.39 is 0 Å². The van der Waals surface area contributed by atoms with Crippen LogP contribution in [-0.2, 0) is 6.61 Å². The first-order valence-corrected chi connectivity index (χ1v) is 12.4. The van der Waals surface area contributed by atoms with E-state index in [1.165, 1.54) is 17.0 Å². The van der Waals surface area contributed by atoms with Crippen LogP contribution >= 0.6 is 39.1 Å². The van der Waals surface area contributed by atoms with Crippen LogP contribution in [0.2, 0.25) is 10.0 Å². The van der Waals surface area contributed by atoms with E-state index in [0.29, 0.717) is 27.9 Å². The highest BCUT2D eigenvalue weighted by molar-refractivity contribution is 9.10. The van der Waals surface area contributed by atoms with Gasteiger partial charge in [0.25, 0.3) is 5.56 Å². The van der Waals surface area contributed by atoms with Crippen molar-refractivity contribution in [2.45, 2.75) is 32.8 Å². The van der Waals surface area contributed by atoms with Crippen LogP contribution in [0.15, 0.2) is 69.0 Å². The number of ether oxygens (including phenoxy) is 1. The number of nitrogens with zero attached hydrogens (tertiary/aromatic N) is 3. The smallest absolute Gasteiger partial charge is 0.282 e. The third kappa shape index (κ3) is 5.58. The Morgan fingerprint density at radius 2 is 1.89 bits per heavy atom. The van der Waals surface area contributed by atoms with Gasteiger partial charge < -0.3 is 4.74 Å². The molecule has 4 aromatic rings. The van der Waals surface area contributed by atoms with Gasteiger partial charge in [-0.3, -0.25) is 4.79 Å². The minimum atomic E-state index is -0.373. The summed E-state index contributed by atoms with van der Waals surface area (Å²) < 4.78 is 21.7. The second-order valence-electron chi connectivity index (χ2n) is 8.00. The fourth-order valence-corrected chi connectivity index (χ4v) is 4.43. The number of fused-ring (bicyclic) bond motifs is 1. The fourth-order valence-electron chi connectivity index (χ4n) is 3.46. The van der Waals surface area contributed by atoms with Gasteiger partial charge in [0.1, 0.15) is 18.2 Å². The van der Waals surface area contributed by atoms with Crippen molar-refractivity contribution in [3.05, 3.63) is 102 Å². The molecule has 0 aliphatic carbocycles. The lowest BCUT2D eigenvalue weighted by atomic mass is 10.1. The second kappa shape index (κ2) is 10.9. The Morgan fingerprint density at radius 1 is 1.17 bits per heavy atom. The van der Waals surface area contributed by atoms with Crippen molar-refractivity contribution in [1.82, 2.24) is 9.66 Å². The molecule has 4 rings (SSSR count). The predicted molar refractivity (Wildman–Crippen MR) is 143 cm³/mol. The maximum absolute atomic E-state index is 13.9. The summed E-state index contributed by atoms with van der Waals surface area (Å²) in [6, 6.07) is 14.9. The molecule has 0 spiro atoms. The van der Waals surface area contributed by atoms with Crippen LogP contribution in [0.3, 0.4) is 0 Å². The van der Waals surface area contributed by atoms with Crippen molar-refractivity contribution >= 4 is 56.2 Å². The third-order valence-electron chi connectivity index (χ3n) is 5.56. The maximum Gasteiger partial charge on any atom is 0.282 e. The van der Waals surface area contributed by atoms with Gasteiger partial charge >= 0.3 is 0 Å². The first kappa shape index (κ1) is 25.4. The van der Waals surface area contributed by atoms with Crippen molar-refractivity contribution in [1.29, 1.82) is 0 Å². The van der Waals surface area contributed by atoms with Gasteiger partial charge in [-0.1, -0.05) is 71.2 Å². The number of benzene rings is 3. The molecule has 3 aromatic carbocycles. The van der Waals surface area contributed by atoms with Crippen molar-refractivity contribution in [2.75, 3.05) is 0 Å². The molecular formula is C26H21BrCl2FN3O2. The second-order valence-corrected chi connectivity index (χ2v) is 9.73. The maximum atomic E-state index is 13.9. The summed E-state index contributed by atoms with van der Waals surface area (Å²) >= 11 is 16.2. The topological polar surface area (TPSA) is 56.5 Å². The zero-order chi connectivity index (χ0) is 25.1. The Kier molecular flexibility index (Phi) is 7.89. The SMILES string of the molecule is CC[C@H](C)c1nc2ccc(Br)cc2c(=O)n1N=Cc1cc(Cl)c(OCc2ccccc2F)c(Cl)c1. The van der Waals surface area contributed by atoms with Gasteiger partial charge in [0.15, 0.2) is 5.75 Å². The highest BCUT2D eigenvalue weighted by Crippen LogP contribution is 2.34. The lowest BCUT2D eigenvalue weighted by Crippen LogP contribution is -2.23. The number of aromatic nitrogens is 2. The predicted octanol–water partition coefficient (Wildman–Crippen LogP) is 7.58. The minimum absolute atomic E-state index is 0.00855. The summed E-state index contributed by atoms with van der Waals surface area (Å²) in [5.74, 6) is 0.435. The largest absolute Gasteiger partial charge is 0.486 e. The van der Waals surface area contributed by atoms with Gasteiger partial charge in [0.05, 0.1) is 27.2 Å². The quantitative estimate of drug-likeness (QED) is 0.213. The molecule has 9 heteroatoms. The van der Waals surface area contributed by atoms with Crippen LogP contribution in [0.5, 0.6) is 5.75 Å². The zero-order valence-electron chi connectivity index (χ0n) is 18.9. The van der Waals surface area contributed by atoms with E-state index in [0.717, 1.165) is 10.9 Å². The van der Waals surface area contributed by atoms with Gasteiger partial charge in [0, 0.05) is 16.0 Å². The van der Waals surface area contributed by atoms with Crippen LogP contribution in [0.25, 0.3) is 10.9 Å². The summed E-state index contributed by atoms with van der Waals surface area (Å²) in [7, 11) is 0. The van der Waals surface area contributed by atoms with Crippen LogP contribution in [0, 0.1) is 5.82 Å². The van der Waals surface area contributed by atoms with E-state index >= 15 is 0 Å². The van der Waals surface area contributed by atoms with E-state index in [1.54, 1.807) is 42.5 Å². The molecule has 0 fully saturated rings. The van der Waals surface area contributed by atoms with Crippen LogP contribution in [0.1, 0.15) is 43.1 Å². The Balaban J connectivity index is 1.68. The third-order valence-corrected chi connectivity index (χ3v) is 6.61. The molecule has 180 valence electrons. The van der Waals surface area contributed by atoms with E-state index in [4.69, 9.17) is 32.9 Å². The number of hydrogen-bond acceptors (Lipinski definition) is 4. The molecule has 0 aliphatic heterocycles. The molecule has 35 heavy (non-hydrogen) atoms. The molecular weight excluding hydrogens is 556 g/mol. The van der Waals surface area contributed by atoms with E-state index in [2.05, 4.69) is 21.0 Å².